The predicted molar refractivity (Wildman–Crippen MR) is 147 cm³/mol. The fourth-order valence-corrected chi connectivity index (χ4v) is 4.48. The second-order valence-corrected chi connectivity index (χ2v) is 8.95. The van der Waals surface area contributed by atoms with Gasteiger partial charge in [-0.1, -0.05) is 42.5 Å². The zero-order chi connectivity index (χ0) is 27.2. The highest BCUT2D eigenvalue weighted by Crippen LogP contribution is 2.35. The summed E-state index contributed by atoms with van der Waals surface area (Å²) in [5.41, 5.74) is 3.33. The summed E-state index contributed by atoms with van der Waals surface area (Å²) >= 11 is 0. The van der Waals surface area contributed by atoms with Crippen LogP contribution in [0.2, 0.25) is 0 Å². The van der Waals surface area contributed by atoms with E-state index in [-0.39, 0.29) is 18.0 Å². The molecule has 7 nitrogen and oxygen atoms in total. The highest BCUT2D eigenvalue weighted by atomic mass is 19.1. The van der Waals surface area contributed by atoms with Crippen LogP contribution in [0.4, 0.5) is 10.1 Å². The van der Waals surface area contributed by atoms with Crippen LogP contribution in [0, 0.1) is 5.82 Å². The molecule has 5 rings (SSSR count). The molecule has 1 N–H and O–H groups in total. The number of rotatable bonds is 10. The average molecular weight is 526 g/mol. The number of benzene rings is 3. The van der Waals surface area contributed by atoms with E-state index in [1.807, 2.05) is 65.2 Å². The van der Waals surface area contributed by atoms with Gasteiger partial charge in [0.05, 0.1) is 25.6 Å². The van der Waals surface area contributed by atoms with E-state index >= 15 is 0 Å². The molecule has 2 aromatic heterocycles. The van der Waals surface area contributed by atoms with Crippen molar-refractivity contribution >= 4 is 17.2 Å². The monoisotopic (exact) mass is 525 g/mol. The maximum atomic E-state index is 14.3. The van der Waals surface area contributed by atoms with E-state index in [1.165, 1.54) is 12.1 Å². The molecule has 3 aromatic carbocycles. The lowest BCUT2D eigenvalue weighted by Crippen LogP contribution is -2.18. The van der Waals surface area contributed by atoms with E-state index in [1.54, 1.807) is 38.6 Å². The Bertz CT molecular complexity index is 1560. The lowest BCUT2D eigenvalue weighted by Gasteiger charge is -2.19. The molecule has 5 aromatic rings. The van der Waals surface area contributed by atoms with Crippen LogP contribution in [-0.2, 0) is 11.4 Å². The number of hydrogen-bond donors (Lipinski definition) is 1. The molecule has 0 aliphatic heterocycles. The number of nitrogens with one attached hydrogen (secondary N) is 1. The molecule has 0 aliphatic carbocycles. The van der Waals surface area contributed by atoms with E-state index in [9.17, 15) is 9.18 Å². The van der Waals surface area contributed by atoms with Gasteiger partial charge in [-0.3, -0.25) is 4.79 Å². The molecule has 8 heteroatoms. The predicted octanol–water partition coefficient (Wildman–Crippen LogP) is 6.23. The number of pyridine rings is 1. The Labute approximate surface area is 225 Å². The smallest absolute Gasteiger partial charge is 0.225 e. The number of anilines is 1. The van der Waals surface area contributed by atoms with Crippen molar-refractivity contribution in [3.8, 4) is 17.2 Å². The van der Waals surface area contributed by atoms with Crippen molar-refractivity contribution in [3.05, 3.63) is 120 Å². The average Bonchev–Trinajstić information content (AvgIpc) is 3.41. The summed E-state index contributed by atoms with van der Waals surface area (Å²) in [5.74, 6) is 0.485. The highest BCUT2D eigenvalue weighted by Gasteiger charge is 2.25. The molecule has 1 unspecified atom stereocenters. The van der Waals surface area contributed by atoms with Gasteiger partial charge in [-0.05, 0) is 47.5 Å². The first-order valence-corrected chi connectivity index (χ1v) is 12.5. The molecule has 198 valence electrons. The number of nitrogens with zero attached hydrogens (tertiary/aromatic N) is 2. The van der Waals surface area contributed by atoms with Gasteiger partial charge in [0, 0.05) is 30.8 Å². The third-order valence-corrected chi connectivity index (χ3v) is 6.44. The summed E-state index contributed by atoms with van der Waals surface area (Å²) in [4.78, 5) is 17.9. The normalized spacial score (nSPS) is 11.7. The minimum atomic E-state index is -0.500. The Hall–Kier alpha value is -4.85. The van der Waals surface area contributed by atoms with Gasteiger partial charge in [0.15, 0.2) is 11.4 Å². The lowest BCUT2D eigenvalue weighted by atomic mass is 9.91. The Morgan fingerprint density at radius 2 is 1.67 bits per heavy atom. The van der Waals surface area contributed by atoms with Crippen molar-refractivity contribution in [3.63, 3.8) is 0 Å². The molecule has 1 amide bonds. The van der Waals surface area contributed by atoms with Crippen LogP contribution in [0.5, 0.6) is 17.2 Å². The van der Waals surface area contributed by atoms with Gasteiger partial charge in [-0.2, -0.15) is 0 Å². The van der Waals surface area contributed by atoms with Gasteiger partial charge in [0.1, 0.15) is 23.9 Å². The van der Waals surface area contributed by atoms with Gasteiger partial charge in [0.2, 0.25) is 5.91 Å². The van der Waals surface area contributed by atoms with Crippen LogP contribution in [-0.4, -0.2) is 29.5 Å². The van der Waals surface area contributed by atoms with Crippen LogP contribution >= 0.6 is 0 Å². The maximum Gasteiger partial charge on any atom is 0.225 e. The SMILES string of the molecule is COc1cc(OC)cc(C(CC(=O)Nc2ccccc2F)c2cnc3c(OCc4ccccc4)cccn23)c1. The lowest BCUT2D eigenvalue weighted by molar-refractivity contribution is -0.116. The van der Waals surface area contributed by atoms with Crippen molar-refractivity contribution in [1.29, 1.82) is 0 Å². The second kappa shape index (κ2) is 11.7. The third kappa shape index (κ3) is 5.85. The number of para-hydroxylation sites is 1. The van der Waals surface area contributed by atoms with Crippen LogP contribution in [0.1, 0.15) is 29.2 Å². The summed E-state index contributed by atoms with van der Waals surface area (Å²) in [7, 11) is 3.14. The van der Waals surface area contributed by atoms with E-state index < -0.39 is 11.7 Å². The quantitative estimate of drug-likeness (QED) is 0.234. The molecule has 0 radical (unpaired) electrons. The van der Waals surface area contributed by atoms with Crippen LogP contribution in [0.25, 0.3) is 5.65 Å². The zero-order valence-corrected chi connectivity index (χ0v) is 21.6. The fourth-order valence-electron chi connectivity index (χ4n) is 4.48. The molecule has 2 heterocycles. The topological polar surface area (TPSA) is 74.1 Å². The molecule has 0 fully saturated rings. The molecule has 1 atom stereocenters. The van der Waals surface area contributed by atoms with Gasteiger partial charge in [0.25, 0.3) is 0 Å². The number of ether oxygens (including phenoxy) is 3. The molecule has 0 aliphatic rings. The minimum Gasteiger partial charge on any atom is -0.497 e. The van der Waals surface area contributed by atoms with E-state index in [4.69, 9.17) is 14.2 Å². The van der Waals surface area contributed by atoms with Gasteiger partial charge in [-0.15, -0.1) is 0 Å². The number of amides is 1. The number of methoxy groups -OCH3 is 2. The first-order chi connectivity index (χ1) is 19.1. The fraction of sp³-hybridized carbons (Fsp3) is 0.161. The largest absolute Gasteiger partial charge is 0.497 e. The summed E-state index contributed by atoms with van der Waals surface area (Å²) in [5, 5.41) is 2.70. The molecule has 39 heavy (non-hydrogen) atoms. The summed E-state index contributed by atoms with van der Waals surface area (Å²) in [6.07, 6.45) is 3.64. The van der Waals surface area contributed by atoms with Crippen molar-refractivity contribution in [2.45, 2.75) is 18.9 Å². The van der Waals surface area contributed by atoms with Gasteiger partial charge < -0.3 is 23.9 Å². The van der Waals surface area contributed by atoms with E-state index in [0.717, 1.165) is 16.8 Å². The van der Waals surface area contributed by atoms with Crippen molar-refractivity contribution in [1.82, 2.24) is 9.38 Å². The summed E-state index contributed by atoms with van der Waals surface area (Å²) in [6.45, 7) is 0.393. The van der Waals surface area contributed by atoms with Gasteiger partial charge in [-0.25, -0.2) is 9.37 Å². The number of halogens is 1. The molecule has 0 saturated heterocycles. The minimum absolute atomic E-state index is 0.0214. The molecule has 0 spiro atoms. The van der Waals surface area contributed by atoms with Crippen molar-refractivity contribution in [2.75, 3.05) is 19.5 Å². The number of carbonyl (C=O) groups is 1. The van der Waals surface area contributed by atoms with Crippen molar-refractivity contribution in [2.24, 2.45) is 0 Å². The number of carbonyl (C=O) groups excluding carboxylic acids is 1. The molecule has 0 bridgehead atoms. The second-order valence-electron chi connectivity index (χ2n) is 8.95. The molecular formula is C31H28FN3O4. The van der Waals surface area contributed by atoms with E-state index in [0.29, 0.717) is 29.5 Å². The van der Waals surface area contributed by atoms with Gasteiger partial charge >= 0.3 is 0 Å². The maximum absolute atomic E-state index is 14.3. The molecular weight excluding hydrogens is 497 g/mol. The number of fused-ring (bicyclic) bond motifs is 1. The standard InChI is InChI=1S/C31H28FN3O4/c1-37-23-15-22(16-24(17-23)38-2)25(18-30(36)34-27-12-7-6-11-26(27)32)28-19-33-31-29(13-8-14-35(28)31)39-20-21-9-4-3-5-10-21/h3-17,19,25H,18,20H2,1-2H3,(H,34,36). The Morgan fingerprint density at radius 3 is 2.38 bits per heavy atom. The highest BCUT2D eigenvalue weighted by molar-refractivity contribution is 5.91. The van der Waals surface area contributed by atoms with Crippen LogP contribution in [0.15, 0.2) is 97.3 Å². The summed E-state index contributed by atoms with van der Waals surface area (Å²) in [6, 6.07) is 25.2. The Kier molecular flexibility index (Phi) is 7.73. The Balaban J connectivity index is 1.52. The first kappa shape index (κ1) is 25.8. The number of imidazole rings is 1. The van der Waals surface area contributed by atoms with Crippen molar-refractivity contribution < 1.29 is 23.4 Å². The van der Waals surface area contributed by atoms with Crippen LogP contribution < -0.4 is 19.5 Å². The third-order valence-electron chi connectivity index (χ3n) is 6.44. The zero-order valence-electron chi connectivity index (χ0n) is 21.6. The number of hydrogen-bond acceptors (Lipinski definition) is 5. The molecule has 0 saturated carbocycles. The van der Waals surface area contributed by atoms with Crippen LogP contribution in [0.3, 0.4) is 0 Å². The summed E-state index contributed by atoms with van der Waals surface area (Å²) < 4.78 is 33.2. The number of aromatic nitrogens is 2. The van der Waals surface area contributed by atoms with E-state index in [2.05, 4.69) is 10.3 Å². The Morgan fingerprint density at radius 1 is 0.949 bits per heavy atom. The first-order valence-electron chi connectivity index (χ1n) is 12.5.